The summed E-state index contributed by atoms with van der Waals surface area (Å²) in [5.41, 5.74) is 11.7. The number of fused-ring (bicyclic) bond motifs is 1. The quantitative estimate of drug-likeness (QED) is 0.596. The molecule has 0 bridgehead atoms. The Bertz CT molecular complexity index is 988. The molecular weight excluding hydrogens is 388 g/mol. The molecule has 30 heavy (non-hydrogen) atoms. The zero-order chi connectivity index (χ0) is 21.1. The van der Waals surface area contributed by atoms with Crippen molar-refractivity contribution in [1.29, 1.82) is 0 Å². The van der Waals surface area contributed by atoms with Gasteiger partial charge in [-0.3, -0.25) is 0 Å². The molecule has 2 heterocycles. The van der Waals surface area contributed by atoms with Gasteiger partial charge in [0, 0.05) is 32.2 Å². The van der Waals surface area contributed by atoms with Crippen molar-refractivity contribution in [3.8, 4) is 0 Å². The first kappa shape index (κ1) is 20.9. The highest BCUT2D eigenvalue weighted by atomic mass is 32.1. The van der Waals surface area contributed by atoms with Gasteiger partial charge in [-0.25, -0.2) is 4.98 Å². The monoisotopic (exact) mass is 420 g/mol. The lowest BCUT2D eigenvalue weighted by molar-refractivity contribution is 0.504. The number of nitrogens with zero attached hydrogens (tertiary/aromatic N) is 3. The average Bonchev–Trinajstić information content (AvgIpc) is 3.24. The van der Waals surface area contributed by atoms with Gasteiger partial charge in [0.05, 0.1) is 16.9 Å². The fourth-order valence-corrected chi connectivity index (χ4v) is 4.47. The third kappa shape index (κ3) is 5.01. The second kappa shape index (κ2) is 9.17. The fourth-order valence-electron chi connectivity index (χ4n) is 4.38. The number of hydrogen-bond donors (Lipinski definition) is 1. The van der Waals surface area contributed by atoms with Crippen LogP contribution in [-0.2, 0) is 6.42 Å². The van der Waals surface area contributed by atoms with E-state index in [2.05, 4.69) is 54.6 Å². The Kier molecular flexibility index (Phi) is 6.38. The topological polar surface area (TPSA) is 45.2 Å². The first-order chi connectivity index (χ1) is 14.5. The lowest BCUT2D eigenvalue weighted by Gasteiger charge is -2.15. The fraction of sp³-hybridized carbons (Fsp3) is 0.440. The van der Waals surface area contributed by atoms with E-state index < -0.39 is 0 Å². The molecule has 5 heteroatoms. The summed E-state index contributed by atoms with van der Waals surface area (Å²) < 4.78 is 0. The molecule has 1 aliphatic heterocycles. The molecule has 0 unspecified atom stereocenters. The number of pyridine rings is 1. The first-order valence-corrected chi connectivity index (χ1v) is 11.5. The maximum Gasteiger partial charge on any atom is 0.166 e. The largest absolute Gasteiger partial charge is 0.376 e. The summed E-state index contributed by atoms with van der Waals surface area (Å²) in [6, 6.07) is 9.03. The lowest BCUT2D eigenvalue weighted by atomic mass is 9.96. The number of aromatic nitrogens is 1. The summed E-state index contributed by atoms with van der Waals surface area (Å²) in [4.78, 5) is 8.94. The summed E-state index contributed by atoms with van der Waals surface area (Å²) in [6.45, 7) is 0.822. The minimum atomic E-state index is 0.440. The van der Waals surface area contributed by atoms with Crippen LogP contribution in [0.25, 0.3) is 22.7 Å². The normalized spacial score (nSPS) is 16.5. The average molecular weight is 421 g/mol. The lowest BCUT2D eigenvalue weighted by Crippen LogP contribution is -2.32. The summed E-state index contributed by atoms with van der Waals surface area (Å²) in [6.07, 6.45) is 15.6. The molecule has 1 aromatic carbocycles. The molecular formula is C25H32N4S. The number of benzene rings is 1. The molecule has 2 N–H and O–H groups in total. The molecule has 0 saturated heterocycles. The van der Waals surface area contributed by atoms with Crippen LogP contribution in [0.2, 0.25) is 0 Å². The molecule has 0 radical (unpaired) electrons. The van der Waals surface area contributed by atoms with Gasteiger partial charge in [-0.05, 0) is 66.7 Å². The van der Waals surface area contributed by atoms with Gasteiger partial charge >= 0.3 is 0 Å². The molecule has 1 fully saturated rings. The minimum Gasteiger partial charge on any atom is -0.376 e. The summed E-state index contributed by atoms with van der Waals surface area (Å²) in [5, 5.41) is 1.68. The van der Waals surface area contributed by atoms with Crippen LogP contribution in [0, 0.1) is 5.92 Å². The van der Waals surface area contributed by atoms with E-state index >= 15 is 0 Å². The summed E-state index contributed by atoms with van der Waals surface area (Å²) in [7, 11) is 4.00. The van der Waals surface area contributed by atoms with Crippen LogP contribution in [0.3, 0.4) is 0 Å². The molecule has 1 aliphatic carbocycles. The van der Waals surface area contributed by atoms with Crippen molar-refractivity contribution >= 4 is 40.0 Å². The van der Waals surface area contributed by atoms with Gasteiger partial charge < -0.3 is 15.5 Å². The molecule has 1 aromatic heterocycles. The standard InChI is InChI=1S/C25H32N4S/c1-28(25(26)30)14-6-5-9-20-16-23(24-17-29(24)2)27-22-13-12-19(15-21(20)22)11-10-18-7-3-4-8-18/h5,9,12-13,15-18H,3-4,6-8,10-11,14H2,1-2H3,(H2,26,30)/b9-5+. The van der Waals surface area contributed by atoms with E-state index in [0.717, 1.165) is 36.5 Å². The van der Waals surface area contributed by atoms with Crippen LogP contribution in [0.5, 0.6) is 0 Å². The number of nitrogens with two attached hydrogens (primary N) is 1. The van der Waals surface area contributed by atoms with Crippen LogP contribution in [0.4, 0.5) is 0 Å². The molecule has 4 rings (SSSR count). The molecule has 4 nitrogen and oxygen atoms in total. The van der Waals surface area contributed by atoms with Crippen molar-refractivity contribution in [1.82, 2.24) is 14.8 Å². The van der Waals surface area contributed by atoms with E-state index in [1.165, 1.54) is 54.3 Å². The van der Waals surface area contributed by atoms with Crippen molar-refractivity contribution in [2.45, 2.75) is 44.9 Å². The maximum absolute atomic E-state index is 5.68. The van der Waals surface area contributed by atoms with E-state index in [4.69, 9.17) is 22.9 Å². The second-order valence-electron chi connectivity index (χ2n) is 8.71. The van der Waals surface area contributed by atoms with Crippen LogP contribution in [0.15, 0.2) is 36.5 Å². The predicted molar refractivity (Wildman–Crippen MR) is 131 cm³/mol. The Morgan fingerprint density at radius 2 is 2.07 bits per heavy atom. The third-order valence-corrected chi connectivity index (χ3v) is 6.73. The summed E-state index contributed by atoms with van der Waals surface area (Å²) >= 11 is 5.03. The molecule has 0 atom stereocenters. The highest BCUT2D eigenvalue weighted by Gasteiger charge is 2.20. The van der Waals surface area contributed by atoms with Gasteiger partial charge in [0.1, 0.15) is 0 Å². The number of aryl methyl sites for hydroxylation is 1. The Hall–Kier alpha value is -2.40. The number of hydrogen-bond acceptors (Lipinski definition) is 3. The van der Waals surface area contributed by atoms with E-state index in [-0.39, 0.29) is 0 Å². The van der Waals surface area contributed by atoms with E-state index in [9.17, 15) is 0 Å². The maximum atomic E-state index is 5.68. The Morgan fingerprint density at radius 3 is 2.77 bits per heavy atom. The van der Waals surface area contributed by atoms with Crippen LogP contribution >= 0.6 is 12.2 Å². The van der Waals surface area contributed by atoms with Crippen LogP contribution in [0.1, 0.15) is 55.3 Å². The van der Waals surface area contributed by atoms with Crippen LogP contribution in [-0.4, -0.2) is 40.5 Å². The first-order valence-electron chi connectivity index (χ1n) is 11.1. The van der Waals surface area contributed by atoms with Crippen molar-refractivity contribution in [3.63, 3.8) is 0 Å². The third-order valence-electron chi connectivity index (χ3n) is 6.42. The Labute approximate surface area is 185 Å². The Balaban J connectivity index is 1.56. The van der Waals surface area contributed by atoms with Gasteiger partial charge in [0.25, 0.3) is 0 Å². The minimum absolute atomic E-state index is 0.440. The smallest absolute Gasteiger partial charge is 0.166 e. The highest BCUT2D eigenvalue weighted by molar-refractivity contribution is 7.80. The molecule has 1 saturated carbocycles. The van der Waals surface area contributed by atoms with Crippen molar-refractivity contribution < 1.29 is 0 Å². The van der Waals surface area contributed by atoms with Crippen molar-refractivity contribution in [2.75, 3.05) is 20.6 Å². The van der Waals surface area contributed by atoms with E-state index in [1.54, 1.807) is 0 Å². The van der Waals surface area contributed by atoms with Gasteiger partial charge in [-0.2, -0.15) is 0 Å². The van der Waals surface area contributed by atoms with E-state index in [1.807, 2.05) is 11.9 Å². The molecule has 2 aliphatic rings. The zero-order valence-electron chi connectivity index (χ0n) is 18.1. The van der Waals surface area contributed by atoms with Gasteiger partial charge in [0.2, 0.25) is 0 Å². The zero-order valence-corrected chi connectivity index (χ0v) is 18.9. The predicted octanol–water partition coefficient (Wildman–Crippen LogP) is 5.18. The number of rotatable bonds is 8. The van der Waals surface area contributed by atoms with E-state index in [0.29, 0.717) is 5.11 Å². The summed E-state index contributed by atoms with van der Waals surface area (Å²) in [5.74, 6) is 0.920. The second-order valence-corrected chi connectivity index (χ2v) is 9.13. The SMILES string of the molecule is CN1C=C1c1cc(/C=C/CCN(C)C(N)=S)c2cc(CCC3CCCC3)ccc2n1. The van der Waals surface area contributed by atoms with Gasteiger partial charge in [-0.15, -0.1) is 0 Å². The molecule has 0 amide bonds. The van der Waals surface area contributed by atoms with Crippen LogP contribution < -0.4 is 5.73 Å². The number of thiocarbonyl (C=S) groups is 1. The van der Waals surface area contributed by atoms with Gasteiger partial charge in [0.15, 0.2) is 5.11 Å². The molecule has 2 aromatic rings. The molecule has 0 spiro atoms. The van der Waals surface area contributed by atoms with Crippen molar-refractivity contribution in [3.05, 3.63) is 53.4 Å². The van der Waals surface area contributed by atoms with Crippen molar-refractivity contribution in [2.24, 2.45) is 11.7 Å². The highest BCUT2D eigenvalue weighted by Crippen LogP contribution is 2.33. The molecule has 158 valence electrons. The van der Waals surface area contributed by atoms with Gasteiger partial charge in [-0.1, -0.05) is 43.9 Å². The Morgan fingerprint density at radius 1 is 1.30 bits per heavy atom.